The maximum Gasteiger partial charge on any atom is 0.236 e. The van der Waals surface area contributed by atoms with Crippen molar-refractivity contribution in [3.63, 3.8) is 0 Å². The van der Waals surface area contributed by atoms with Crippen LogP contribution in [0.5, 0.6) is 5.75 Å². The number of carbonyl (C=O) groups is 1. The van der Waals surface area contributed by atoms with E-state index < -0.39 is 0 Å². The van der Waals surface area contributed by atoms with E-state index in [0.717, 1.165) is 38.2 Å². The van der Waals surface area contributed by atoms with Crippen molar-refractivity contribution in [3.05, 3.63) is 29.8 Å². The number of likely N-dealkylation sites (tertiary alicyclic amines) is 2. The molecule has 24 heavy (non-hydrogen) atoms. The third kappa shape index (κ3) is 4.29. The summed E-state index contributed by atoms with van der Waals surface area (Å²) >= 11 is 0. The Balaban J connectivity index is 1.57. The van der Waals surface area contributed by atoms with Gasteiger partial charge in [-0.1, -0.05) is 19.1 Å². The van der Waals surface area contributed by atoms with Gasteiger partial charge in [0.15, 0.2) is 0 Å². The zero-order valence-electron chi connectivity index (χ0n) is 15.0. The normalized spacial score (nSPS) is 25.0. The topological polar surface area (TPSA) is 32.8 Å². The Labute approximate surface area is 145 Å². The first-order chi connectivity index (χ1) is 11.7. The third-order valence-electron chi connectivity index (χ3n) is 5.45. The van der Waals surface area contributed by atoms with Gasteiger partial charge in [0.05, 0.1) is 13.7 Å². The fourth-order valence-corrected chi connectivity index (χ4v) is 4.10. The van der Waals surface area contributed by atoms with Crippen LogP contribution in [0.2, 0.25) is 0 Å². The van der Waals surface area contributed by atoms with Gasteiger partial charge in [0.25, 0.3) is 0 Å². The van der Waals surface area contributed by atoms with E-state index in [4.69, 9.17) is 4.74 Å². The summed E-state index contributed by atoms with van der Waals surface area (Å²) in [5.74, 6) is 1.88. The van der Waals surface area contributed by atoms with Crippen molar-refractivity contribution in [1.29, 1.82) is 0 Å². The number of benzene rings is 1. The molecule has 2 heterocycles. The maximum atomic E-state index is 12.7. The summed E-state index contributed by atoms with van der Waals surface area (Å²) in [5.41, 5.74) is 1.30. The number of methoxy groups -OCH3 is 1. The standard InChI is InChI=1S/C20H30N2O2/c1-16-6-4-11-22(14-16)20(23)15-21-10-5-8-18(21)12-17-7-3-9-19(13-17)24-2/h3,7,9,13,16,18H,4-6,8,10-12,14-15H2,1-2H3. The van der Waals surface area contributed by atoms with Gasteiger partial charge >= 0.3 is 0 Å². The van der Waals surface area contributed by atoms with E-state index in [1.807, 2.05) is 12.1 Å². The Hall–Kier alpha value is -1.55. The molecule has 2 fully saturated rings. The molecule has 2 saturated heterocycles. The molecule has 4 heteroatoms. The number of nitrogens with zero attached hydrogens (tertiary/aromatic N) is 2. The molecule has 2 unspecified atom stereocenters. The lowest BCUT2D eigenvalue weighted by Gasteiger charge is -2.33. The van der Waals surface area contributed by atoms with Crippen LogP contribution in [0.15, 0.2) is 24.3 Å². The number of piperidine rings is 1. The minimum atomic E-state index is 0.319. The van der Waals surface area contributed by atoms with E-state index in [9.17, 15) is 4.79 Å². The molecule has 2 aliphatic heterocycles. The number of amides is 1. The fourth-order valence-electron chi connectivity index (χ4n) is 4.10. The number of carbonyl (C=O) groups excluding carboxylic acids is 1. The first-order valence-electron chi connectivity index (χ1n) is 9.30. The second kappa shape index (κ2) is 8.02. The van der Waals surface area contributed by atoms with Crippen LogP contribution in [0.3, 0.4) is 0 Å². The van der Waals surface area contributed by atoms with Gasteiger partial charge in [-0.3, -0.25) is 9.69 Å². The van der Waals surface area contributed by atoms with Gasteiger partial charge in [-0.05, 0) is 62.3 Å². The van der Waals surface area contributed by atoms with Gasteiger partial charge in [-0.25, -0.2) is 0 Å². The quantitative estimate of drug-likeness (QED) is 0.832. The summed E-state index contributed by atoms with van der Waals surface area (Å²) in [6, 6.07) is 8.78. The number of hydrogen-bond donors (Lipinski definition) is 0. The highest BCUT2D eigenvalue weighted by Gasteiger charge is 2.29. The first kappa shape index (κ1) is 17.3. The van der Waals surface area contributed by atoms with Crippen molar-refractivity contribution in [2.24, 2.45) is 5.92 Å². The SMILES string of the molecule is COc1cccc(CC2CCCN2CC(=O)N2CCCC(C)C2)c1. The van der Waals surface area contributed by atoms with Gasteiger partial charge in [0.2, 0.25) is 5.91 Å². The average molecular weight is 330 g/mol. The van der Waals surface area contributed by atoms with E-state index in [0.29, 0.717) is 24.4 Å². The summed E-state index contributed by atoms with van der Waals surface area (Å²) in [6.45, 7) is 5.76. The van der Waals surface area contributed by atoms with Gasteiger partial charge in [0, 0.05) is 19.1 Å². The largest absolute Gasteiger partial charge is 0.497 e. The number of ether oxygens (including phenoxy) is 1. The Morgan fingerprint density at radius 3 is 2.88 bits per heavy atom. The van der Waals surface area contributed by atoms with Crippen LogP contribution in [0.1, 0.15) is 38.2 Å². The molecule has 1 aromatic rings. The predicted molar refractivity (Wildman–Crippen MR) is 96.3 cm³/mol. The highest BCUT2D eigenvalue weighted by molar-refractivity contribution is 5.78. The van der Waals surface area contributed by atoms with Crippen molar-refractivity contribution in [3.8, 4) is 5.75 Å². The van der Waals surface area contributed by atoms with Crippen LogP contribution >= 0.6 is 0 Å². The molecule has 1 aromatic carbocycles. The molecule has 1 amide bonds. The monoisotopic (exact) mass is 330 g/mol. The first-order valence-corrected chi connectivity index (χ1v) is 9.30. The maximum absolute atomic E-state index is 12.7. The molecule has 132 valence electrons. The summed E-state index contributed by atoms with van der Waals surface area (Å²) in [6.07, 6.45) is 5.78. The second-order valence-corrected chi connectivity index (χ2v) is 7.41. The van der Waals surface area contributed by atoms with Gasteiger partial charge in [0.1, 0.15) is 5.75 Å². The average Bonchev–Trinajstić information content (AvgIpc) is 3.02. The molecule has 2 aliphatic rings. The van der Waals surface area contributed by atoms with Crippen LogP contribution in [0.4, 0.5) is 0 Å². The minimum absolute atomic E-state index is 0.319. The Kier molecular flexibility index (Phi) is 5.77. The van der Waals surface area contributed by atoms with Gasteiger partial charge in [-0.15, -0.1) is 0 Å². The molecule has 0 saturated carbocycles. The van der Waals surface area contributed by atoms with Crippen molar-refractivity contribution in [1.82, 2.24) is 9.80 Å². The van der Waals surface area contributed by atoms with Crippen LogP contribution in [-0.4, -0.2) is 55.0 Å². The Morgan fingerprint density at radius 1 is 1.25 bits per heavy atom. The number of hydrogen-bond acceptors (Lipinski definition) is 3. The minimum Gasteiger partial charge on any atom is -0.497 e. The van der Waals surface area contributed by atoms with Crippen LogP contribution in [0.25, 0.3) is 0 Å². The molecule has 0 N–H and O–H groups in total. The van der Waals surface area contributed by atoms with E-state index in [2.05, 4.69) is 28.9 Å². The van der Waals surface area contributed by atoms with Crippen LogP contribution < -0.4 is 4.74 Å². The summed E-state index contributed by atoms with van der Waals surface area (Å²) in [7, 11) is 1.71. The lowest BCUT2D eigenvalue weighted by molar-refractivity contribution is -0.134. The summed E-state index contributed by atoms with van der Waals surface area (Å²) < 4.78 is 5.33. The predicted octanol–water partition coefficient (Wildman–Crippen LogP) is 2.96. The van der Waals surface area contributed by atoms with Crippen LogP contribution in [0, 0.1) is 5.92 Å². The second-order valence-electron chi connectivity index (χ2n) is 7.41. The fraction of sp³-hybridized carbons (Fsp3) is 0.650. The van der Waals surface area contributed by atoms with Gasteiger partial charge < -0.3 is 9.64 Å². The van der Waals surface area contributed by atoms with E-state index in [1.54, 1.807) is 7.11 Å². The van der Waals surface area contributed by atoms with Crippen LogP contribution in [-0.2, 0) is 11.2 Å². The highest BCUT2D eigenvalue weighted by atomic mass is 16.5. The Bertz CT molecular complexity index is 560. The van der Waals surface area contributed by atoms with E-state index in [1.165, 1.54) is 24.8 Å². The molecule has 0 radical (unpaired) electrons. The van der Waals surface area contributed by atoms with Crippen molar-refractivity contribution >= 4 is 5.91 Å². The highest BCUT2D eigenvalue weighted by Crippen LogP contribution is 2.24. The lowest BCUT2D eigenvalue weighted by atomic mass is 10.00. The summed E-state index contributed by atoms with van der Waals surface area (Å²) in [4.78, 5) is 17.1. The zero-order chi connectivity index (χ0) is 16.9. The summed E-state index contributed by atoms with van der Waals surface area (Å²) in [5, 5.41) is 0. The van der Waals surface area contributed by atoms with Crippen molar-refractivity contribution in [2.45, 2.75) is 45.1 Å². The molecule has 0 spiro atoms. The molecule has 0 aliphatic carbocycles. The molecule has 4 nitrogen and oxygen atoms in total. The van der Waals surface area contributed by atoms with Gasteiger partial charge in [-0.2, -0.15) is 0 Å². The smallest absolute Gasteiger partial charge is 0.236 e. The lowest BCUT2D eigenvalue weighted by Crippen LogP contribution is -2.46. The molecule has 0 bridgehead atoms. The van der Waals surface area contributed by atoms with Crippen molar-refractivity contribution < 1.29 is 9.53 Å². The zero-order valence-corrected chi connectivity index (χ0v) is 15.0. The molecule has 2 atom stereocenters. The molecule has 3 rings (SSSR count). The molecular weight excluding hydrogens is 300 g/mol. The van der Waals surface area contributed by atoms with E-state index in [-0.39, 0.29) is 0 Å². The third-order valence-corrected chi connectivity index (χ3v) is 5.45. The molecular formula is C20H30N2O2. The Morgan fingerprint density at radius 2 is 2.08 bits per heavy atom. The molecule has 0 aromatic heterocycles. The van der Waals surface area contributed by atoms with Crippen molar-refractivity contribution in [2.75, 3.05) is 33.3 Å². The number of rotatable bonds is 5. The van der Waals surface area contributed by atoms with E-state index >= 15 is 0 Å².